The lowest BCUT2D eigenvalue weighted by Crippen LogP contribution is -2.39. The third-order valence-electron chi connectivity index (χ3n) is 4.52. The van der Waals surface area contributed by atoms with Crippen LogP contribution in [0.1, 0.15) is 10.4 Å². The minimum atomic E-state index is -0.364. The fraction of sp³-hybridized carbons (Fsp3) is 0.0526. The number of ether oxygens (including phenoxy) is 1. The Bertz CT molecular complexity index is 1290. The van der Waals surface area contributed by atoms with E-state index in [1.807, 2.05) is 0 Å². The molecule has 5 rings (SSSR count). The van der Waals surface area contributed by atoms with Crippen molar-refractivity contribution in [3.05, 3.63) is 58.2 Å². The first-order valence-corrected chi connectivity index (χ1v) is 9.44. The third-order valence-corrected chi connectivity index (χ3v) is 5.13. The lowest BCUT2D eigenvalue weighted by Gasteiger charge is -2.29. The van der Waals surface area contributed by atoms with Crippen LogP contribution < -0.4 is 20.7 Å². The number of amides is 1. The second-order valence-corrected chi connectivity index (χ2v) is 7.21. The molecule has 2 aromatic heterocycles. The first-order chi connectivity index (χ1) is 14.5. The quantitative estimate of drug-likeness (QED) is 0.483. The van der Waals surface area contributed by atoms with Gasteiger partial charge < -0.3 is 20.3 Å². The van der Waals surface area contributed by atoms with Crippen molar-refractivity contribution in [3.8, 4) is 5.88 Å². The number of halogens is 2. The molecule has 0 spiro atoms. The second kappa shape index (κ2) is 7.05. The lowest BCUT2D eigenvalue weighted by atomic mass is 10.2. The number of nitrogens with zero attached hydrogens (tertiary/aromatic N) is 4. The number of hydrogen-bond acceptors (Lipinski definition) is 8. The Balaban J connectivity index is 1.43. The number of hydrogen-bond donors (Lipinski definition) is 2. The number of nitrogens with two attached hydrogens (primary N) is 1. The van der Waals surface area contributed by atoms with Crippen LogP contribution in [-0.2, 0) is 0 Å². The molecule has 0 saturated carbocycles. The van der Waals surface area contributed by atoms with Crippen molar-refractivity contribution < 1.29 is 14.1 Å². The van der Waals surface area contributed by atoms with Gasteiger partial charge in [-0.15, -0.1) is 0 Å². The van der Waals surface area contributed by atoms with Crippen LogP contribution in [0.25, 0.3) is 11.0 Å². The molecule has 30 heavy (non-hydrogen) atoms. The van der Waals surface area contributed by atoms with E-state index in [-0.39, 0.29) is 30.0 Å². The Morgan fingerprint density at radius 2 is 1.97 bits per heavy atom. The van der Waals surface area contributed by atoms with Gasteiger partial charge in [-0.25, -0.2) is 4.98 Å². The molecular formula is C19H12Cl2N6O3. The Morgan fingerprint density at radius 3 is 2.77 bits per heavy atom. The van der Waals surface area contributed by atoms with E-state index in [0.717, 1.165) is 0 Å². The number of nitrogens with one attached hydrogen (secondary N) is 1. The highest BCUT2D eigenvalue weighted by Gasteiger charge is 2.31. The Kier molecular flexibility index (Phi) is 4.34. The predicted octanol–water partition coefficient (Wildman–Crippen LogP) is 4.25. The normalized spacial score (nSPS) is 13.3. The predicted molar refractivity (Wildman–Crippen MR) is 113 cm³/mol. The van der Waals surface area contributed by atoms with E-state index >= 15 is 0 Å². The number of aromatic nitrogens is 3. The molecule has 2 aromatic carbocycles. The topological polar surface area (TPSA) is 119 Å². The van der Waals surface area contributed by atoms with E-state index in [2.05, 4.69) is 20.4 Å². The maximum absolute atomic E-state index is 12.9. The third kappa shape index (κ3) is 3.04. The highest BCUT2D eigenvalue weighted by molar-refractivity contribution is 6.40. The molecule has 3 N–H and O–H groups in total. The van der Waals surface area contributed by atoms with Gasteiger partial charge in [-0.3, -0.25) is 9.69 Å². The van der Waals surface area contributed by atoms with Crippen LogP contribution in [0.3, 0.4) is 0 Å². The first kappa shape index (κ1) is 18.5. The minimum absolute atomic E-state index is 0.0883. The van der Waals surface area contributed by atoms with E-state index < -0.39 is 0 Å². The lowest BCUT2D eigenvalue weighted by molar-refractivity contribution is 0.0932. The van der Waals surface area contributed by atoms with Gasteiger partial charge in [0.05, 0.1) is 21.1 Å². The summed E-state index contributed by atoms with van der Waals surface area (Å²) >= 11 is 12.4. The van der Waals surface area contributed by atoms with Crippen molar-refractivity contribution in [2.45, 2.75) is 0 Å². The van der Waals surface area contributed by atoms with Crippen molar-refractivity contribution >= 4 is 63.2 Å². The average Bonchev–Trinajstić information content (AvgIpc) is 3.10. The van der Waals surface area contributed by atoms with Crippen LogP contribution >= 0.6 is 23.2 Å². The maximum Gasteiger partial charge on any atom is 0.268 e. The van der Waals surface area contributed by atoms with E-state index in [0.29, 0.717) is 38.2 Å². The fourth-order valence-electron chi connectivity index (χ4n) is 3.09. The summed E-state index contributed by atoms with van der Waals surface area (Å²) in [6, 6.07) is 10.3. The van der Waals surface area contributed by atoms with Crippen LogP contribution in [0.2, 0.25) is 10.0 Å². The molecule has 3 heterocycles. The van der Waals surface area contributed by atoms with Gasteiger partial charge in [0.25, 0.3) is 5.91 Å². The van der Waals surface area contributed by atoms with Crippen molar-refractivity contribution in [1.82, 2.24) is 15.1 Å². The molecule has 4 aromatic rings. The summed E-state index contributed by atoms with van der Waals surface area (Å²) in [4.78, 5) is 22.8. The Hall–Kier alpha value is -3.56. The number of nitrogen functional groups attached to an aromatic ring is 1. The average molecular weight is 443 g/mol. The molecule has 1 amide bonds. The number of anilines is 4. The zero-order valence-electron chi connectivity index (χ0n) is 15.1. The maximum atomic E-state index is 12.9. The summed E-state index contributed by atoms with van der Waals surface area (Å²) in [7, 11) is 0. The van der Waals surface area contributed by atoms with Crippen molar-refractivity contribution in [1.29, 1.82) is 0 Å². The molecule has 0 fully saturated rings. The first-order valence-electron chi connectivity index (χ1n) is 8.69. The molecule has 0 unspecified atom stereocenters. The van der Waals surface area contributed by atoms with Gasteiger partial charge in [0, 0.05) is 18.0 Å². The summed E-state index contributed by atoms with van der Waals surface area (Å²) < 4.78 is 10.8. The summed E-state index contributed by atoms with van der Waals surface area (Å²) in [5, 5.41) is 8.14. The van der Waals surface area contributed by atoms with Gasteiger partial charge in [-0.2, -0.15) is 4.98 Å². The van der Waals surface area contributed by atoms with Crippen LogP contribution in [0, 0.1) is 0 Å². The molecule has 11 heteroatoms. The van der Waals surface area contributed by atoms with E-state index in [4.69, 9.17) is 38.2 Å². The van der Waals surface area contributed by atoms with E-state index in [1.165, 1.54) is 11.1 Å². The molecule has 0 radical (unpaired) electrons. The molecule has 1 aliphatic heterocycles. The van der Waals surface area contributed by atoms with Crippen LogP contribution in [-0.4, -0.2) is 27.8 Å². The number of benzene rings is 2. The number of para-hydroxylation sites is 1. The van der Waals surface area contributed by atoms with Crippen LogP contribution in [0.5, 0.6) is 5.88 Å². The van der Waals surface area contributed by atoms with Gasteiger partial charge in [-0.1, -0.05) is 34.4 Å². The largest absolute Gasteiger partial charge is 0.455 e. The Labute approximate surface area is 179 Å². The van der Waals surface area contributed by atoms with Crippen molar-refractivity contribution in [3.63, 3.8) is 0 Å². The fourth-order valence-corrected chi connectivity index (χ4v) is 3.69. The van der Waals surface area contributed by atoms with Crippen LogP contribution in [0.4, 0.5) is 23.1 Å². The standard InChI is InChI=1S/C19H12Cl2N6O3/c20-12-2-1-3-13(21)15(12)27-8-29-17-11(18(27)28)7-23-19(25-17)24-9-4-5-10-14(6-9)30-26-16(10)22/h1-7H,8H2,(H2,22,26)(H,23,24,25). The molecule has 1 aliphatic rings. The number of fused-ring (bicyclic) bond motifs is 2. The summed E-state index contributed by atoms with van der Waals surface area (Å²) in [5.41, 5.74) is 7.47. The second-order valence-electron chi connectivity index (χ2n) is 6.39. The minimum Gasteiger partial charge on any atom is -0.455 e. The molecular weight excluding hydrogens is 431 g/mol. The number of carbonyl (C=O) groups is 1. The van der Waals surface area contributed by atoms with E-state index in [9.17, 15) is 4.79 Å². The van der Waals surface area contributed by atoms with Gasteiger partial charge in [0.2, 0.25) is 11.8 Å². The zero-order valence-corrected chi connectivity index (χ0v) is 16.6. The molecule has 150 valence electrons. The zero-order chi connectivity index (χ0) is 20.8. The van der Waals surface area contributed by atoms with Crippen LogP contribution in [0.15, 0.2) is 47.1 Å². The summed E-state index contributed by atoms with van der Waals surface area (Å²) in [5.74, 6) is 0.354. The van der Waals surface area contributed by atoms with Gasteiger partial charge in [0.15, 0.2) is 18.1 Å². The SMILES string of the molecule is Nc1noc2cc(Nc3ncc4c(n3)OCN(c3c(Cl)cccc3Cl)C4=O)ccc12. The molecule has 0 atom stereocenters. The Morgan fingerprint density at radius 1 is 1.17 bits per heavy atom. The van der Waals surface area contributed by atoms with Crippen molar-refractivity contribution in [2.24, 2.45) is 0 Å². The molecule has 0 saturated heterocycles. The summed E-state index contributed by atoms with van der Waals surface area (Å²) in [6.45, 7) is -0.0883. The monoisotopic (exact) mass is 442 g/mol. The summed E-state index contributed by atoms with van der Waals surface area (Å²) in [6.07, 6.45) is 1.38. The number of rotatable bonds is 3. The smallest absolute Gasteiger partial charge is 0.268 e. The molecule has 9 nitrogen and oxygen atoms in total. The molecule has 0 bridgehead atoms. The van der Waals surface area contributed by atoms with E-state index in [1.54, 1.807) is 36.4 Å². The highest BCUT2D eigenvalue weighted by atomic mass is 35.5. The van der Waals surface area contributed by atoms with Crippen molar-refractivity contribution in [2.75, 3.05) is 22.7 Å². The van der Waals surface area contributed by atoms with Gasteiger partial charge >= 0.3 is 0 Å². The highest BCUT2D eigenvalue weighted by Crippen LogP contribution is 2.37. The van der Waals surface area contributed by atoms with Gasteiger partial charge in [0.1, 0.15) is 5.56 Å². The molecule has 0 aliphatic carbocycles. The van der Waals surface area contributed by atoms with Gasteiger partial charge in [-0.05, 0) is 24.3 Å². The number of carbonyl (C=O) groups excluding carboxylic acids is 1.